The number of rotatable bonds is 5. The number of halogens is 3. The fourth-order valence-electron chi connectivity index (χ4n) is 2.81. The summed E-state index contributed by atoms with van der Waals surface area (Å²) < 4.78 is 39.5. The summed E-state index contributed by atoms with van der Waals surface area (Å²) in [5.41, 5.74) is 4.87. The summed E-state index contributed by atoms with van der Waals surface area (Å²) in [7, 11) is 0. The summed E-state index contributed by atoms with van der Waals surface area (Å²) in [6.45, 7) is 4.91. The molecule has 0 spiro atoms. The molecule has 3 aromatic heterocycles. The number of carbonyl (C=O) groups excluding carboxylic acids is 1. The molecule has 3 rings (SSSR count). The molecular weight excluding hydrogens is 375 g/mol. The summed E-state index contributed by atoms with van der Waals surface area (Å²) in [6.07, 6.45) is -1.99. The second-order valence-corrected chi connectivity index (χ2v) is 6.16. The minimum absolute atomic E-state index is 0.190. The van der Waals surface area contributed by atoms with Gasteiger partial charge in [0.15, 0.2) is 5.65 Å². The van der Waals surface area contributed by atoms with Crippen LogP contribution in [-0.2, 0) is 13.1 Å². The number of nitrogens with zero attached hydrogens (tertiary/aromatic N) is 6. The number of hydrogen-bond acceptors (Lipinski definition) is 5. The molecular formula is C17H18F3N7O. The maximum atomic E-state index is 12.6. The molecule has 11 heteroatoms. The lowest BCUT2D eigenvalue weighted by Crippen LogP contribution is -2.19. The Balaban J connectivity index is 1.79. The molecule has 28 heavy (non-hydrogen) atoms. The van der Waals surface area contributed by atoms with E-state index in [1.54, 1.807) is 24.6 Å². The maximum Gasteiger partial charge on any atom is 0.408 e. The largest absolute Gasteiger partial charge is 0.408 e. The van der Waals surface area contributed by atoms with Crippen molar-refractivity contribution in [3.63, 3.8) is 0 Å². The van der Waals surface area contributed by atoms with Gasteiger partial charge in [0.05, 0.1) is 22.9 Å². The van der Waals surface area contributed by atoms with Crippen LogP contribution < -0.4 is 5.43 Å². The number of aromatic nitrogens is 5. The zero-order valence-corrected chi connectivity index (χ0v) is 15.4. The van der Waals surface area contributed by atoms with Crippen LogP contribution in [0.4, 0.5) is 13.2 Å². The number of hydrazone groups is 1. The highest BCUT2D eigenvalue weighted by molar-refractivity contribution is 6.06. The number of hydrogen-bond donors (Lipinski definition) is 1. The molecule has 0 aromatic carbocycles. The van der Waals surface area contributed by atoms with Gasteiger partial charge in [-0.25, -0.2) is 15.1 Å². The number of pyridine rings is 1. The number of nitrogens with one attached hydrogen (secondary N) is 1. The van der Waals surface area contributed by atoms with E-state index in [0.717, 1.165) is 4.68 Å². The van der Waals surface area contributed by atoms with Crippen molar-refractivity contribution >= 4 is 23.2 Å². The van der Waals surface area contributed by atoms with Gasteiger partial charge in [0, 0.05) is 18.4 Å². The Hall–Kier alpha value is -3.24. The van der Waals surface area contributed by atoms with Gasteiger partial charge in [0.25, 0.3) is 5.91 Å². The van der Waals surface area contributed by atoms with E-state index in [4.69, 9.17) is 0 Å². The van der Waals surface area contributed by atoms with Gasteiger partial charge in [-0.05, 0) is 32.9 Å². The van der Waals surface area contributed by atoms with Gasteiger partial charge in [-0.15, -0.1) is 0 Å². The minimum atomic E-state index is -4.36. The van der Waals surface area contributed by atoms with Crippen molar-refractivity contribution in [3.05, 3.63) is 41.0 Å². The van der Waals surface area contributed by atoms with Gasteiger partial charge in [0.2, 0.25) is 0 Å². The lowest BCUT2D eigenvalue weighted by atomic mass is 10.1. The number of amides is 1. The predicted octanol–water partition coefficient (Wildman–Crippen LogP) is 2.59. The summed E-state index contributed by atoms with van der Waals surface area (Å²) in [6, 6.07) is 3.01. The smallest absolute Gasteiger partial charge is 0.267 e. The van der Waals surface area contributed by atoms with Crippen molar-refractivity contribution in [2.24, 2.45) is 5.10 Å². The number of aryl methyl sites for hydroxylation is 3. The fourth-order valence-corrected chi connectivity index (χ4v) is 2.81. The molecule has 0 saturated heterocycles. The second kappa shape index (κ2) is 7.41. The lowest BCUT2D eigenvalue weighted by molar-refractivity contribution is -0.142. The average Bonchev–Trinajstić information content (AvgIpc) is 3.16. The zero-order chi connectivity index (χ0) is 20.5. The third-order valence-electron chi connectivity index (χ3n) is 3.92. The Bertz CT molecular complexity index is 1050. The van der Waals surface area contributed by atoms with Crippen LogP contribution in [-0.4, -0.2) is 42.8 Å². The Morgan fingerprint density at radius 2 is 2.07 bits per heavy atom. The van der Waals surface area contributed by atoms with Crippen LogP contribution in [0.2, 0.25) is 0 Å². The second-order valence-electron chi connectivity index (χ2n) is 6.16. The van der Waals surface area contributed by atoms with Crippen LogP contribution in [0, 0.1) is 13.8 Å². The van der Waals surface area contributed by atoms with Crippen LogP contribution >= 0.6 is 0 Å². The van der Waals surface area contributed by atoms with Crippen molar-refractivity contribution in [3.8, 4) is 0 Å². The lowest BCUT2D eigenvalue weighted by Gasteiger charge is -2.05. The molecule has 1 amide bonds. The van der Waals surface area contributed by atoms with Crippen LogP contribution in [0.15, 0.2) is 23.4 Å². The molecule has 0 atom stereocenters. The number of alkyl halides is 3. The molecule has 0 saturated carbocycles. The third kappa shape index (κ3) is 4.18. The molecule has 0 aliphatic heterocycles. The highest BCUT2D eigenvalue weighted by Gasteiger charge is 2.28. The first-order valence-electron chi connectivity index (χ1n) is 8.46. The van der Waals surface area contributed by atoms with E-state index in [1.165, 1.54) is 18.5 Å². The van der Waals surface area contributed by atoms with Crippen LogP contribution in [0.1, 0.15) is 34.4 Å². The van der Waals surface area contributed by atoms with E-state index >= 15 is 0 Å². The van der Waals surface area contributed by atoms with Crippen molar-refractivity contribution in [1.29, 1.82) is 0 Å². The highest BCUT2D eigenvalue weighted by Crippen LogP contribution is 2.22. The molecule has 3 heterocycles. The monoisotopic (exact) mass is 393 g/mol. The molecule has 0 unspecified atom stereocenters. The first-order valence-corrected chi connectivity index (χ1v) is 8.46. The molecule has 3 aromatic rings. The SMILES string of the molecule is CCn1nc(C)c2c(C(=O)N/N=C\c3ccn(CC(F)(F)F)n3)cc(C)nc21. The zero-order valence-electron chi connectivity index (χ0n) is 15.4. The van der Waals surface area contributed by atoms with Gasteiger partial charge in [0.1, 0.15) is 12.2 Å². The molecule has 1 N–H and O–H groups in total. The van der Waals surface area contributed by atoms with Crippen molar-refractivity contribution in [2.45, 2.75) is 40.0 Å². The Morgan fingerprint density at radius 3 is 2.75 bits per heavy atom. The van der Waals surface area contributed by atoms with Crippen molar-refractivity contribution in [2.75, 3.05) is 0 Å². The van der Waals surface area contributed by atoms with Crippen molar-refractivity contribution in [1.82, 2.24) is 30.0 Å². The summed E-state index contributed by atoms with van der Waals surface area (Å²) in [4.78, 5) is 17.0. The predicted molar refractivity (Wildman–Crippen MR) is 96.0 cm³/mol. The molecule has 0 bridgehead atoms. The summed E-state index contributed by atoms with van der Waals surface area (Å²) in [5.74, 6) is -0.472. The molecule has 8 nitrogen and oxygen atoms in total. The normalized spacial score (nSPS) is 12.2. The quantitative estimate of drug-likeness (QED) is 0.533. The first-order chi connectivity index (χ1) is 13.2. The molecule has 148 valence electrons. The van der Waals surface area contributed by atoms with E-state index in [2.05, 4.69) is 25.7 Å². The van der Waals surface area contributed by atoms with Crippen molar-refractivity contribution < 1.29 is 18.0 Å². The molecule has 0 fully saturated rings. The van der Waals surface area contributed by atoms with Gasteiger partial charge in [-0.3, -0.25) is 9.48 Å². The minimum Gasteiger partial charge on any atom is -0.267 e. The van der Waals surface area contributed by atoms with E-state index in [-0.39, 0.29) is 5.69 Å². The van der Waals surface area contributed by atoms with Crippen LogP contribution in [0.3, 0.4) is 0 Å². The number of fused-ring (bicyclic) bond motifs is 1. The topological polar surface area (TPSA) is 90.0 Å². The van der Waals surface area contributed by atoms with E-state index in [1.807, 2.05) is 6.92 Å². The fraction of sp³-hybridized carbons (Fsp3) is 0.353. The maximum absolute atomic E-state index is 12.6. The standard InChI is InChI=1S/C17H18F3N7O/c1-4-27-15-14(11(3)24-27)13(7-10(2)22-15)16(28)23-21-8-12-5-6-26(25-12)9-17(18,19)20/h5-8H,4,9H2,1-3H3,(H,23,28)/b21-8-. The Labute approximate surface area is 158 Å². The van der Waals surface area contributed by atoms with Gasteiger partial charge in [-0.1, -0.05) is 0 Å². The van der Waals surface area contributed by atoms with E-state index in [0.29, 0.717) is 34.5 Å². The average molecular weight is 393 g/mol. The Morgan fingerprint density at radius 1 is 1.32 bits per heavy atom. The number of carbonyl (C=O) groups is 1. The molecule has 0 radical (unpaired) electrons. The van der Waals surface area contributed by atoms with Gasteiger partial charge in [-0.2, -0.15) is 28.5 Å². The van der Waals surface area contributed by atoms with Gasteiger partial charge >= 0.3 is 6.18 Å². The first kappa shape index (κ1) is 19.5. The van der Waals surface area contributed by atoms with E-state index < -0.39 is 18.6 Å². The third-order valence-corrected chi connectivity index (χ3v) is 3.92. The van der Waals surface area contributed by atoms with Crippen LogP contribution in [0.5, 0.6) is 0 Å². The summed E-state index contributed by atoms with van der Waals surface area (Å²) in [5, 5.41) is 12.5. The summed E-state index contributed by atoms with van der Waals surface area (Å²) >= 11 is 0. The molecule has 0 aliphatic rings. The van der Waals surface area contributed by atoms with Gasteiger partial charge < -0.3 is 0 Å². The Kier molecular flexibility index (Phi) is 5.16. The van der Waals surface area contributed by atoms with Crippen LogP contribution in [0.25, 0.3) is 11.0 Å². The highest BCUT2D eigenvalue weighted by atomic mass is 19.4. The van der Waals surface area contributed by atoms with E-state index in [9.17, 15) is 18.0 Å². The molecule has 0 aliphatic carbocycles.